The number of nitrogens with one attached hydrogen (secondary N) is 1. The zero-order valence-corrected chi connectivity index (χ0v) is 17.0. The summed E-state index contributed by atoms with van der Waals surface area (Å²) in [6.45, 7) is 3.08. The molecule has 0 atom stereocenters. The van der Waals surface area contributed by atoms with E-state index < -0.39 is 11.2 Å². The molecule has 0 aliphatic carbocycles. The Morgan fingerprint density at radius 3 is 2.40 bits per heavy atom. The second-order valence-electron chi connectivity index (χ2n) is 7.45. The van der Waals surface area contributed by atoms with Crippen molar-refractivity contribution >= 4 is 16.9 Å². The van der Waals surface area contributed by atoms with E-state index in [1.54, 1.807) is 4.57 Å². The Hall–Kier alpha value is -3.61. The van der Waals surface area contributed by atoms with Crippen LogP contribution in [0.2, 0.25) is 0 Å². The molecule has 0 aliphatic heterocycles. The summed E-state index contributed by atoms with van der Waals surface area (Å²) in [5.41, 5.74) is 8.65. The fourth-order valence-corrected chi connectivity index (χ4v) is 3.63. The van der Waals surface area contributed by atoms with Crippen molar-refractivity contribution in [2.24, 2.45) is 0 Å². The van der Waals surface area contributed by atoms with Crippen LogP contribution in [0.4, 0.5) is 5.69 Å². The molecule has 0 bridgehead atoms. The summed E-state index contributed by atoms with van der Waals surface area (Å²) in [4.78, 5) is 32.5. The van der Waals surface area contributed by atoms with E-state index in [1.807, 2.05) is 59.2 Å². The molecule has 4 rings (SSSR count). The predicted molar refractivity (Wildman–Crippen MR) is 119 cm³/mol. The van der Waals surface area contributed by atoms with Crippen LogP contribution in [-0.2, 0) is 19.5 Å². The number of hydrogen-bond acceptors (Lipinski definition) is 4. The Bertz CT molecular complexity index is 1270. The number of aromatic nitrogens is 4. The van der Waals surface area contributed by atoms with Crippen LogP contribution in [0.25, 0.3) is 11.2 Å². The molecule has 0 fully saturated rings. The minimum atomic E-state index is -0.413. The molecule has 2 heterocycles. The zero-order chi connectivity index (χ0) is 21.1. The molecule has 0 spiro atoms. The minimum Gasteiger partial charge on any atom is -0.399 e. The van der Waals surface area contributed by atoms with Crippen LogP contribution in [0.1, 0.15) is 36.7 Å². The number of aryl methyl sites for hydroxylation is 1. The highest BCUT2D eigenvalue weighted by atomic mass is 16.2. The maximum Gasteiger partial charge on any atom is 0.330 e. The smallest absolute Gasteiger partial charge is 0.330 e. The predicted octanol–water partition coefficient (Wildman–Crippen LogP) is 2.91. The minimum absolute atomic E-state index is 0.408. The summed E-state index contributed by atoms with van der Waals surface area (Å²) in [7, 11) is 0. The van der Waals surface area contributed by atoms with Gasteiger partial charge in [-0.05, 0) is 29.7 Å². The quantitative estimate of drug-likeness (QED) is 0.464. The van der Waals surface area contributed by atoms with E-state index in [2.05, 4.69) is 11.9 Å². The highest BCUT2D eigenvalue weighted by molar-refractivity contribution is 5.71. The molecule has 2 aromatic carbocycles. The fourth-order valence-electron chi connectivity index (χ4n) is 3.63. The van der Waals surface area contributed by atoms with Gasteiger partial charge in [0.15, 0.2) is 11.2 Å². The van der Waals surface area contributed by atoms with Crippen LogP contribution in [0.5, 0.6) is 0 Å². The second kappa shape index (κ2) is 8.41. The number of rotatable bonds is 7. The first-order chi connectivity index (χ1) is 14.6. The van der Waals surface area contributed by atoms with E-state index in [-0.39, 0.29) is 0 Å². The van der Waals surface area contributed by atoms with Crippen LogP contribution in [0.15, 0.2) is 64.2 Å². The molecular weight excluding hydrogens is 378 g/mol. The van der Waals surface area contributed by atoms with Gasteiger partial charge in [-0.1, -0.05) is 55.8 Å². The summed E-state index contributed by atoms with van der Waals surface area (Å²) in [5, 5.41) is 0. The van der Waals surface area contributed by atoms with Gasteiger partial charge in [0.1, 0.15) is 5.82 Å². The van der Waals surface area contributed by atoms with E-state index in [1.165, 1.54) is 0 Å². The van der Waals surface area contributed by atoms with Gasteiger partial charge >= 0.3 is 5.69 Å². The summed E-state index contributed by atoms with van der Waals surface area (Å²) in [6.07, 6.45) is 2.30. The first kappa shape index (κ1) is 19.7. The highest BCUT2D eigenvalue weighted by Crippen LogP contribution is 2.18. The molecule has 0 saturated heterocycles. The molecule has 4 aromatic rings. The molecule has 0 unspecified atom stereocenters. The number of aromatic amines is 1. The van der Waals surface area contributed by atoms with Crippen molar-refractivity contribution in [2.75, 3.05) is 5.73 Å². The zero-order valence-electron chi connectivity index (χ0n) is 17.0. The number of nitrogen functional groups attached to an aromatic ring is 1. The summed E-state index contributed by atoms with van der Waals surface area (Å²) in [5.74, 6) is 0.736. The third kappa shape index (κ3) is 3.91. The number of unbranched alkanes of at least 4 members (excludes halogenated alkanes) is 1. The number of imidazole rings is 1. The third-order valence-electron chi connectivity index (χ3n) is 5.23. The SMILES string of the molecule is CCCCn1c(=O)[nH]c(=O)c2c1nc(Cc1ccc(N)cc1)n2Cc1ccccc1. The maximum atomic E-state index is 12.8. The number of fused-ring (bicyclic) bond motifs is 1. The van der Waals surface area contributed by atoms with Crippen molar-refractivity contribution < 1.29 is 0 Å². The van der Waals surface area contributed by atoms with E-state index in [0.717, 1.165) is 29.8 Å². The Kier molecular flexibility index (Phi) is 5.52. The second-order valence-corrected chi connectivity index (χ2v) is 7.45. The first-order valence-electron chi connectivity index (χ1n) is 10.2. The van der Waals surface area contributed by atoms with Crippen LogP contribution >= 0.6 is 0 Å². The Labute approximate surface area is 173 Å². The largest absolute Gasteiger partial charge is 0.399 e. The van der Waals surface area contributed by atoms with Crippen molar-refractivity contribution in [3.63, 3.8) is 0 Å². The standard InChI is InChI=1S/C23H25N5O2/c1-2-3-13-27-21-20(22(29)26-23(27)30)28(15-17-7-5-4-6-8-17)19(25-21)14-16-9-11-18(24)12-10-16/h4-12H,2-3,13-15,24H2,1H3,(H,26,29,30). The van der Waals surface area contributed by atoms with Crippen LogP contribution in [-0.4, -0.2) is 19.1 Å². The number of hydrogen-bond donors (Lipinski definition) is 2. The van der Waals surface area contributed by atoms with E-state index in [4.69, 9.17) is 10.7 Å². The summed E-state index contributed by atoms with van der Waals surface area (Å²) >= 11 is 0. The Balaban J connectivity index is 1.90. The van der Waals surface area contributed by atoms with E-state index in [9.17, 15) is 9.59 Å². The van der Waals surface area contributed by atoms with Gasteiger partial charge in [-0.2, -0.15) is 0 Å². The van der Waals surface area contributed by atoms with Gasteiger partial charge in [0.25, 0.3) is 5.56 Å². The molecule has 0 aliphatic rings. The van der Waals surface area contributed by atoms with Crippen molar-refractivity contribution in [1.82, 2.24) is 19.1 Å². The lowest BCUT2D eigenvalue weighted by Crippen LogP contribution is -2.31. The van der Waals surface area contributed by atoms with Crippen molar-refractivity contribution in [3.05, 3.63) is 92.4 Å². The third-order valence-corrected chi connectivity index (χ3v) is 5.23. The van der Waals surface area contributed by atoms with Crippen LogP contribution in [0, 0.1) is 0 Å². The number of anilines is 1. The van der Waals surface area contributed by atoms with Crippen molar-refractivity contribution in [3.8, 4) is 0 Å². The number of H-pyrrole nitrogens is 1. The lowest BCUT2D eigenvalue weighted by Gasteiger charge is -2.10. The number of nitrogens with zero attached hydrogens (tertiary/aromatic N) is 3. The average molecular weight is 403 g/mol. The lowest BCUT2D eigenvalue weighted by atomic mass is 10.1. The van der Waals surface area contributed by atoms with Gasteiger partial charge < -0.3 is 10.3 Å². The molecule has 2 aromatic heterocycles. The normalized spacial score (nSPS) is 11.2. The van der Waals surface area contributed by atoms with E-state index in [0.29, 0.717) is 36.4 Å². The Morgan fingerprint density at radius 1 is 0.967 bits per heavy atom. The van der Waals surface area contributed by atoms with Gasteiger partial charge in [0.05, 0.1) is 0 Å². The molecule has 7 heteroatoms. The first-order valence-corrected chi connectivity index (χ1v) is 10.2. The van der Waals surface area contributed by atoms with E-state index >= 15 is 0 Å². The van der Waals surface area contributed by atoms with Crippen LogP contribution in [0.3, 0.4) is 0 Å². The van der Waals surface area contributed by atoms with Gasteiger partial charge in [0, 0.05) is 25.2 Å². The van der Waals surface area contributed by atoms with Gasteiger partial charge in [-0.25, -0.2) is 9.78 Å². The van der Waals surface area contributed by atoms with Crippen molar-refractivity contribution in [2.45, 2.75) is 39.3 Å². The molecule has 0 amide bonds. The van der Waals surface area contributed by atoms with Crippen molar-refractivity contribution in [1.29, 1.82) is 0 Å². The lowest BCUT2D eigenvalue weighted by molar-refractivity contribution is 0.613. The number of nitrogens with two attached hydrogens (primary N) is 1. The van der Waals surface area contributed by atoms with Gasteiger partial charge in [-0.3, -0.25) is 14.3 Å². The summed E-state index contributed by atoms with van der Waals surface area (Å²) < 4.78 is 3.50. The van der Waals surface area contributed by atoms with Crippen LogP contribution < -0.4 is 17.0 Å². The Morgan fingerprint density at radius 2 is 1.70 bits per heavy atom. The van der Waals surface area contributed by atoms with Gasteiger partial charge in [-0.15, -0.1) is 0 Å². The highest BCUT2D eigenvalue weighted by Gasteiger charge is 2.19. The number of benzene rings is 2. The monoisotopic (exact) mass is 403 g/mol. The molecule has 30 heavy (non-hydrogen) atoms. The molecule has 0 saturated carbocycles. The summed E-state index contributed by atoms with van der Waals surface area (Å²) in [6, 6.07) is 17.5. The molecule has 3 N–H and O–H groups in total. The fraction of sp³-hybridized carbons (Fsp3) is 0.261. The molecule has 7 nitrogen and oxygen atoms in total. The molecule has 154 valence electrons. The maximum absolute atomic E-state index is 12.8. The van der Waals surface area contributed by atoms with Gasteiger partial charge in [0.2, 0.25) is 0 Å². The molecule has 0 radical (unpaired) electrons. The average Bonchev–Trinajstić information content (AvgIpc) is 3.08. The molecular formula is C23H25N5O2. The topological polar surface area (TPSA) is 98.7 Å².